The lowest BCUT2D eigenvalue weighted by molar-refractivity contribution is -0.121. The summed E-state index contributed by atoms with van der Waals surface area (Å²) < 4.78 is 10.4. The van der Waals surface area contributed by atoms with E-state index in [1.165, 1.54) is 7.11 Å². The lowest BCUT2D eigenvalue weighted by Crippen LogP contribution is -2.38. The van der Waals surface area contributed by atoms with Gasteiger partial charge in [0, 0.05) is 18.8 Å². The van der Waals surface area contributed by atoms with Crippen molar-refractivity contribution in [2.75, 3.05) is 43.6 Å². The third kappa shape index (κ3) is 3.92. The summed E-state index contributed by atoms with van der Waals surface area (Å²) in [5.41, 5.74) is 2.41. The lowest BCUT2D eigenvalue weighted by Gasteiger charge is -2.31. The monoisotopic (exact) mass is 408 g/mol. The average Bonchev–Trinajstić information content (AvgIpc) is 3.31. The van der Waals surface area contributed by atoms with Crippen molar-refractivity contribution < 1.29 is 19.1 Å². The van der Waals surface area contributed by atoms with Crippen LogP contribution in [0.4, 0.5) is 11.4 Å². The molecule has 1 aliphatic carbocycles. The third-order valence-corrected chi connectivity index (χ3v) is 6.23. The molecular weight excluding hydrogens is 380 g/mol. The minimum Gasteiger partial charge on any atom is -0.465 e. The van der Waals surface area contributed by atoms with Crippen LogP contribution in [0.3, 0.4) is 0 Å². The van der Waals surface area contributed by atoms with Crippen LogP contribution in [0.1, 0.15) is 41.6 Å². The number of morpholine rings is 1. The van der Waals surface area contributed by atoms with Gasteiger partial charge in [-0.25, -0.2) is 4.79 Å². The maximum Gasteiger partial charge on any atom is 0.340 e. The zero-order chi connectivity index (χ0) is 21.0. The largest absolute Gasteiger partial charge is 0.465 e. The first-order valence-electron chi connectivity index (χ1n) is 10.6. The minimum absolute atomic E-state index is 0.0128. The van der Waals surface area contributed by atoms with Gasteiger partial charge in [0.2, 0.25) is 5.91 Å². The van der Waals surface area contributed by atoms with Crippen molar-refractivity contribution in [3.8, 4) is 0 Å². The highest BCUT2D eigenvalue weighted by Crippen LogP contribution is 2.42. The molecule has 6 nitrogen and oxygen atoms in total. The van der Waals surface area contributed by atoms with Gasteiger partial charge in [0.05, 0.1) is 37.0 Å². The second kappa shape index (κ2) is 8.88. The number of esters is 1. The van der Waals surface area contributed by atoms with Crippen molar-refractivity contribution in [1.82, 2.24) is 0 Å². The van der Waals surface area contributed by atoms with E-state index in [-0.39, 0.29) is 5.91 Å². The molecule has 2 aromatic rings. The number of hydrogen-bond donors (Lipinski definition) is 1. The van der Waals surface area contributed by atoms with E-state index in [0.29, 0.717) is 37.6 Å². The Morgan fingerprint density at radius 1 is 1.03 bits per heavy atom. The standard InChI is InChI=1S/C24H28N2O4/c1-29-22(27)20-17-19(9-10-21(20)26-13-15-30-16-14-26)25-23(28)24(11-5-6-12-24)18-7-3-2-4-8-18/h2-4,7-10,17H,5-6,11-16H2,1H3,(H,25,28). The van der Waals surface area contributed by atoms with Crippen molar-refractivity contribution >= 4 is 23.3 Å². The summed E-state index contributed by atoms with van der Waals surface area (Å²) in [5.74, 6) is -0.424. The molecule has 1 N–H and O–H groups in total. The number of anilines is 2. The van der Waals surface area contributed by atoms with Crippen molar-refractivity contribution in [2.24, 2.45) is 0 Å². The van der Waals surface area contributed by atoms with E-state index < -0.39 is 11.4 Å². The van der Waals surface area contributed by atoms with Crippen LogP contribution in [0, 0.1) is 0 Å². The molecule has 1 amide bonds. The van der Waals surface area contributed by atoms with Crippen LogP contribution < -0.4 is 10.2 Å². The Labute approximate surface area is 177 Å². The summed E-state index contributed by atoms with van der Waals surface area (Å²) in [6, 6.07) is 15.5. The maximum atomic E-state index is 13.4. The summed E-state index contributed by atoms with van der Waals surface area (Å²) in [5, 5.41) is 3.08. The predicted molar refractivity (Wildman–Crippen MR) is 116 cm³/mol. The van der Waals surface area contributed by atoms with Gasteiger partial charge in [-0.3, -0.25) is 4.79 Å². The van der Waals surface area contributed by atoms with Crippen LogP contribution in [0.15, 0.2) is 48.5 Å². The van der Waals surface area contributed by atoms with Crippen LogP contribution >= 0.6 is 0 Å². The first-order chi connectivity index (χ1) is 14.6. The molecule has 158 valence electrons. The van der Waals surface area contributed by atoms with E-state index in [9.17, 15) is 9.59 Å². The Bertz CT molecular complexity index is 901. The number of methoxy groups -OCH3 is 1. The van der Waals surface area contributed by atoms with Gasteiger partial charge in [0.1, 0.15) is 0 Å². The molecule has 1 aliphatic heterocycles. The number of amides is 1. The van der Waals surface area contributed by atoms with Crippen molar-refractivity contribution in [2.45, 2.75) is 31.1 Å². The Morgan fingerprint density at radius 3 is 2.40 bits per heavy atom. The summed E-state index contributed by atoms with van der Waals surface area (Å²) in [7, 11) is 1.37. The average molecular weight is 408 g/mol. The maximum absolute atomic E-state index is 13.4. The highest BCUT2D eigenvalue weighted by atomic mass is 16.5. The summed E-state index contributed by atoms with van der Waals surface area (Å²) in [4.78, 5) is 28.0. The number of benzene rings is 2. The van der Waals surface area contributed by atoms with Crippen LogP contribution in [0.25, 0.3) is 0 Å². The van der Waals surface area contributed by atoms with E-state index in [2.05, 4.69) is 10.2 Å². The molecule has 2 aromatic carbocycles. The predicted octanol–water partition coefficient (Wildman–Crippen LogP) is 3.76. The molecular formula is C24H28N2O4. The molecule has 30 heavy (non-hydrogen) atoms. The molecule has 4 rings (SSSR count). The summed E-state index contributed by atoms with van der Waals surface area (Å²) in [6.45, 7) is 2.68. The van der Waals surface area contributed by atoms with E-state index in [1.54, 1.807) is 6.07 Å². The first kappa shape index (κ1) is 20.4. The fourth-order valence-corrected chi connectivity index (χ4v) is 4.60. The number of carbonyl (C=O) groups is 2. The molecule has 6 heteroatoms. The van der Waals surface area contributed by atoms with E-state index in [1.807, 2.05) is 42.5 Å². The van der Waals surface area contributed by atoms with Gasteiger partial charge in [-0.15, -0.1) is 0 Å². The fourth-order valence-electron chi connectivity index (χ4n) is 4.60. The Morgan fingerprint density at radius 2 is 1.73 bits per heavy atom. The molecule has 0 bridgehead atoms. The lowest BCUT2D eigenvalue weighted by atomic mass is 9.78. The topological polar surface area (TPSA) is 67.9 Å². The Hall–Kier alpha value is -2.86. The van der Waals surface area contributed by atoms with Crippen LogP contribution in [-0.4, -0.2) is 45.3 Å². The number of hydrogen-bond acceptors (Lipinski definition) is 5. The Kier molecular flexibility index (Phi) is 6.04. The van der Waals surface area contributed by atoms with Crippen molar-refractivity contribution in [1.29, 1.82) is 0 Å². The number of nitrogens with one attached hydrogen (secondary N) is 1. The molecule has 1 heterocycles. The minimum atomic E-state index is -0.518. The van der Waals surface area contributed by atoms with Gasteiger partial charge in [0.25, 0.3) is 0 Å². The van der Waals surface area contributed by atoms with Crippen molar-refractivity contribution in [3.05, 3.63) is 59.7 Å². The highest BCUT2D eigenvalue weighted by Gasteiger charge is 2.42. The molecule has 1 saturated heterocycles. The zero-order valence-electron chi connectivity index (χ0n) is 17.4. The molecule has 0 unspecified atom stereocenters. The SMILES string of the molecule is COC(=O)c1cc(NC(=O)C2(c3ccccc3)CCCC2)ccc1N1CCOCC1. The second-order valence-electron chi connectivity index (χ2n) is 7.93. The number of rotatable bonds is 5. The van der Waals surface area contributed by atoms with Gasteiger partial charge >= 0.3 is 5.97 Å². The molecule has 0 aromatic heterocycles. The van der Waals surface area contributed by atoms with Gasteiger partial charge in [-0.1, -0.05) is 43.2 Å². The molecule has 0 spiro atoms. The van der Waals surface area contributed by atoms with Crippen LogP contribution in [-0.2, 0) is 19.7 Å². The molecule has 0 radical (unpaired) electrons. The molecule has 2 fully saturated rings. The third-order valence-electron chi connectivity index (χ3n) is 6.23. The van der Waals surface area contributed by atoms with E-state index in [0.717, 1.165) is 36.9 Å². The Balaban J connectivity index is 1.62. The molecule has 2 aliphatic rings. The van der Waals surface area contributed by atoms with Crippen LogP contribution in [0.5, 0.6) is 0 Å². The zero-order valence-corrected chi connectivity index (χ0v) is 17.4. The van der Waals surface area contributed by atoms with Gasteiger partial charge in [-0.2, -0.15) is 0 Å². The van der Waals surface area contributed by atoms with Crippen LogP contribution in [0.2, 0.25) is 0 Å². The summed E-state index contributed by atoms with van der Waals surface area (Å²) in [6.07, 6.45) is 3.73. The van der Waals surface area contributed by atoms with E-state index >= 15 is 0 Å². The molecule has 0 atom stereocenters. The van der Waals surface area contributed by atoms with Gasteiger partial charge < -0.3 is 19.7 Å². The van der Waals surface area contributed by atoms with Gasteiger partial charge in [-0.05, 0) is 36.6 Å². The molecule has 1 saturated carbocycles. The smallest absolute Gasteiger partial charge is 0.340 e. The fraction of sp³-hybridized carbons (Fsp3) is 0.417. The van der Waals surface area contributed by atoms with E-state index in [4.69, 9.17) is 9.47 Å². The highest BCUT2D eigenvalue weighted by molar-refractivity contribution is 6.02. The number of carbonyl (C=O) groups excluding carboxylic acids is 2. The number of ether oxygens (including phenoxy) is 2. The number of nitrogens with zero attached hydrogens (tertiary/aromatic N) is 1. The summed E-state index contributed by atoms with van der Waals surface area (Å²) >= 11 is 0. The quantitative estimate of drug-likeness (QED) is 0.763. The second-order valence-corrected chi connectivity index (χ2v) is 7.93. The van der Waals surface area contributed by atoms with Crippen molar-refractivity contribution in [3.63, 3.8) is 0 Å². The normalized spacial score (nSPS) is 18.1. The first-order valence-corrected chi connectivity index (χ1v) is 10.6. The van der Waals surface area contributed by atoms with Gasteiger partial charge in [0.15, 0.2) is 0 Å².